The van der Waals surface area contributed by atoms with Crippen molar-refractivity contribution in [2.24, 2.45) is 5.41 Å². The number of halogens is 1. The molecule has 342 valence electrons. The fraction of sp³-hybridized carbons (Fsp3) is 0.404. The van der Waals surface area contributed by atoms with Crippen LogP contribution in [0.25, 0.3) is 22.4 Å². The molecule has 3 saturated heterocycles. The summed E-state index contributed by atoms with van der Waals surface area (Å²) in [5, 5.41) is 6.10. The minimum atomic E-state index is -0.613. The van der Waals surface area contributed by atoms with Crippen LogP contribution in [0.5, 0.6) is 5.75 Å². The molecule has 2 aromatic heterocycles. The largest absolute Gasteiger partial charge is 0.494 e. The summed E-state index contributed by atoms with van der Waals surface area (Å²) in [6, 6.07) is 25.2. The third kappa shape index (κ3) is 10.3. The van der Waals surface area contributed by atoms with Crippen molar-refractivity contribution < 1.29 is 23.9 Å². The van der Waals surface area contributed by atoms with Crippen molar-refractivity contribution >= 4 is 52.6 Å². The average Bonchev–Trinajstić information content (AvgIpc) is 3.83. The van der Waals surface area contributed by atoms with E-state index in [2.05, 4.69) is 49.8 Å². The lowest BCUT2D eigenvalue weighted by Gasteiger charge is -2.38. The van der Waals surface area contributed by atoms with Crippen LogP contribution >= 0.6 is 11.6 Å². The van der Waals surface area contributed by atoms with E-state index in [1.54, 1.807) is 29.6 Å². The van der Waals surface area contributed by atoms with Crippen LogP contribution in [-0.2, 0) is 20.9 Å². The normalized spacial score (nSPS) is 18.2. The van der Waals surface area contributed by atoms with Crippen molar-refractivity contribution in [1.82, 2.24) is 30.1 Å². The van der Waals surface area contributed by atoms with Gasteiger partial charge in [-0.3, -0.25) is 29.5 Å². The minimum Gasteiger partial charge on any atom is -0.494 e. The lowest BCUT2D eigenvalue weighted by molar-refractivity contribution is -0.137. The zero-order valence-corrected chi connectivity index (χ0v) is 38.1. The maximum absolute atomic E-state index is 14.0. The number of nitrogens with one attached hydrogen (secondary N) is 2. The van der Waals surface area contributed by atoms with Gasteiger partial charge in [-0.2, -0.15) is 0 Å². The monoisotopic (exact) mass is 908 g/mol. The number of fused-ring (bicyclic) bond motifs is 1. The summed E-state index contributed by atoms with van der Waals surface area (Å²) >= 11 is 6.62. The van der Waals surface area contributed by atoms with Crippen molar-refractivity contribution in [2.45, 2.75) is 96.1 Å². The van der Waals surface area contributed by atoms with Crippen molar-refractivity contribution in [3.8, 4) is 28.1 Å². The second-order valence-corrected chi connectivity index (χ2v) is 18.5. The SMILES string of the molecule is O=C1CCC(N2Cc3cc(OCCCCCCCCCCN4CCC5(CC4)CCN(c4cncc(Nc6ncc(Cl)c(-c7cccc(-c8ccccc8)c7)n6)c4)C5=O)ccc3C2=O)C(=O)N1. The van der Waals surface area contributed by atoms with E-state index in [9.17, 15) is 19.2 Å². The van der Waals surface area contributed by atoms with E-state index in [1.165, 1.54) is 38.5 Å². The van der Waals surface area contributed by atoms with E-state index < -0.39 is 11.9 Å². The Kier molecular flexibility index (Phi) is 14.0. The topological polar surface area (TPSA) is 150 Å². The smallest absolute Gasteiger partial charge is 0.255 e. The molecule has 4 amide bonds. The minimum absolute atomic E-state index is 0.170. The molecule has 1 unspecified atom stereocenters. The summed E-state index contributed by atoms with van der Waals surface area (Å²) in [4.78, 5) is 70.6. The Balaban J connectivity index is 0.652. The number of carbonyl (C=O) groups excluding carboxylic acids is 4. The van der Waals surface area contributed by atoms with Crippen molar-refractivity contribution in [3.63, 3.8) is 0 Å². The third-order valence-corrected chi connectivity index (χ3v) is 14.0. The van der Waals surface area contributed by atoms with Crippen molar-refractivity contribution in [1.29, 1.82) is 0 Å². The van der Waals surface area contributed by atoms with Gasteiger partial charge in [0, 0.05) is 30.6 Å². The second kappa shape index (κ2) is 20.6. The Morgan fingerprint density at radius 2 is 1.52 bits per heavy atom. The number of benzene rings is 3. The zero-order valence-electron chi connectivity index (χ0n) is 37.4. The molecule has 1 atom stereocenters. The maximum atomic E-state index is 14.0. The van der Waals surface area contributed by atoms with Gasteiger partial charge in [-0.15, -0.1) is 0 Å². The Bertz CT molecular complexity index is 2570. The van der Waals surface area contributed by atoms with Crippen LogP contribution in [0.2, 0.25) is 5.02 Å². The molecular formula is C52H57ClN8O5. The molecule has 3 aromatic carbocycles. The molecule has 9 rings (SSSR count). The number of pyridine rings is 1. The number of anilines is 3. The first-order valence-corrected chi connectivity index (χ1v) is 24.0. The first kappa shape index (κ1) is 45.0. The van der Waals surface area contributed by atoms with E-state index in [0.717, 1.165) is 85.4 Å². The van der Waals surface area contributed by atoms with Crippen LogP contribution in [0.3, 0.4) is 0 Å². The second-order valence-electron chi connectivity index (χ2n) is 18.1. The molecule has 13 nitrogen and oxygen atoms in total. The van der Waals surface area contributed by atoms with E-state index >= 15 is 0 Å². The van der Waals surface area contributed by atoms with Gasteiger partial charge in [0.25, 0.3) is 5.91 Å². The highest BCUT2D eigenvalue weighted by Crippen LogP contribution is 2.43. The number of rotatable bonds is 18. The predicted octanol–water partition coefficient (Wildman–Crippen LogP) is 9.38. The van der Waals surface area contributed by atoms with Gasteiger partial charge in [0.1, 0.15) is 11.8 Å². The molecule has 0 bridgehead atoms. The molecule has 0 radical (unpaired) electrons. The summed E-state index contributed by atoms with van der Waals surface area (Å²) in [6.45, 7) is 4.65. The fourth-order valence-electron chi connectivity index (χ4n) is 9.94. The number of imide groups is 1. The molecular weight excluding hydrogens is 852 g/mol. The summed E-state index contributed by atoms with van der Waals surface area (Å²) < 4.78 is 6.02. The molecule has 3 fully saturated rings. The van der Waals surface area contributed by atoms with Gasteiger partial charge in [0.15, 0.2) is 0 Å². The molecule has 14 heteroatoms. The van der Waals surface area contributed by atoms with Gasteiger partial charge >= 0.3 is 0 Å². The molecule has 2 N–H and O–H groups in total. The summed E-state index contributed by atoms with van der Waals surface area (Å²) in [7, 11) is 0. The molecule has 4 aliphatic rings. The van der Waals surface area contributed by atoms with Crippen LogP contribution in [0.4, 0.5) is 17.3 Å². The predicted molar refractivity (Wildman–Crippen MR) is 255 cm³/mol. The van der Waals surface area contributed by atoms with Crippen molar-refractivity contribution in [2.75, 3.05) is 43.0 Å². The Hall–Kier alpha value is -6.18. The van der Waals surface area contributed by atoms with Gasteiger partial charge in [-0.05, 0) is 105 Å². The number of aromatic nitrogens is 3. The summed E-state index contributed by atoms with van der Waals surface area (Å²) in [6.07, 6.45) is 17.7. The third-order valence-electron chi connectivity index (χ3n) is 13.7. The first-order chi connectivity index (χ1) is 32.2. The zero-order chi connectivity index (χ0) is 45.5. The highest BCUT2D eigenvalue weighted by Gasteiger charge is 2.48. The van der Waals surface area contributed by atoms with Gasteiger partial charge in [0.2, 0.25) is 23.7 Å². The fourth-order valence-corrected chi connectivity index (χ4v) is 10.1. The Labute approximate surface area is 391 Å². The standard InChI is InChI=1S/C52H57ClN8O5/c53-44-34-55-51(58-47(44)38-16-12-15-37(29-38)36-13-8-7-9-14-36)56-40-31-41(33-54-32-40)60-27-23-52(50(60)65)21-25-59(26-22-52)24-10-5-3-1-2-4-6-11-28-66-42-17-18-43-39(30-42)35-61(49(43)64)45-19-20-46(62)57-48(45)63/h7-9,12-18,29-34,45H,1-6,10-11,19-28,35H2,(H,55,56,58)(H,57,62,63). The van der Waals surface area contributed by atoms with Crippen LogP contribution in [-0.4, -0.2) is 87.2 Å². The van der Waals surface area contributed by atoms with Crippen LogP contribution < -0.4 is 20.3 Å². The number of piperidine rings is 2. The van der Waals surface area contributed by atoms with Gasteiger partial charge in [0.05, 0.1) is 52.7 Å². The first-order valence-electron chi connectivity index (χ1n) is 23.6. The summed E-state index contributed by atoms with van der Waals surface area (Å²) in [5.41, 5.74) is 6.33. The molecule has 6 heterocycles. The molecule has 66 heavy (non-hydrogen) atoms. The molecule has 4 aliphatic heterocycles. The lowest BCUT2D eigenvalue weighted by atomic mass is 9.77. The van der Waals surface area contributed by atoms with Gasteiger partial charge in [-0.1, -0.05) is 98.7 Å². The number of hydrogen-bond acceptors (Lipinski definition) is 10. The summed E-state index contributed by atoms with van der Waals surface area (Å²) in [5.74, 6) is 0.483. The van der Waals surface area contributed by atoms with E-state index in [1.807, 2.05) is 53.4 Å². The number of nitrogens with zero attached hydrogens (tertiary/aromatic N) is 6. The molecule has 0 saturated carbocycles. The number of amides is 4. The Morgan fingerprint density at radius 1 is 0.773 bits per heavy atom. The van der Waals surface area contributed by atoms with E-state index in [0.29, 0.717) is 54.0 Å². The number of hydrogen-bond donors (Lipinski definition) is 2. The highest BCUT2D eigenvalue weighted by atomic mass is 35.5. The maximum Gasteiger partial charge on any atom is 0.255 e. The van der Waals surface area contributed by atoms with Gasteiger partial charge < -0.3 is 24.8 Å². The number of likely N-dealkylation sites (tertiary alicyclic amines) is 1. The van der Waals surface area contributed by atoms with Crippen LogP contribution in [0.1, 0.15) is 99.4 Å². The van der Waals surface area contributed by atoms with Crippen LogP contribution in [0.15, 0.2) is 97.5 Å². The quantitative estimate of drug-likeness (QED) is 0.0643. The van der Waals surface area contributed by atoms with E-state index in [-0.39, 0.29) is 29.6 Å². The van der Waals surface area contributed by atoms with E-state index in [4.69, 9.17) is 21.3 Å². The number of carbonyl (C=O) groups is 4. The van der Waals surface area contributed by atoms with Crippen molar-refractivity contribution in [3.05, 3.63) is 114 Å². The lowest BCUT2D eigenvalue weighted by Crippen LogP contribution is -2.52. The number of unbranched alkanes of at least 4 members (excludes halogenated alkanes) is 7. The Morgan fingerprint density at radius 3 is 2.32 bits per heavy atom. The molecule has 5 aromatic rings. The number of ether oxygens (including phenoxy) is 1. The molecule has 1 spiro atoms. The van der Waals surface area contributed by atoms with Gasteiger partial charge in [-0.25, -0.2) is 9.97 Å². The van der Waals surface area contributed by atoms with Crippen LogP contribution in [0, 0.1) is 5.41 Å². The average molecular weight is 910 g/mol. The molecule has 0 aliphatic carbocycles. The highest BCUT2D eigenvalue weighted by molar-refractivity contribution is 6.33.